The number of hydrogen-bond acceptors (Lipinski definition) is 4. The fraction of sp³-hybridized carbons (Fsp3) is 0.214. The fourth-order valence-corrected chi connectivity index (χ4v) is 2.88. The molecule has 2 aromatic rings. The van der Waals surface area contributed by atoms with Crippen molar-refractivity contribution in [1.82, 2.24) is 9.71 Å². The van der Waals surface area contributed by atoms with Crippen molar-refractivity contribution in [3.05, 3.63) is 59.4 Å². The summed E-state index contributed by atoms with van der Waals surface area (Å²) < 4.78 is 26.6. The Balaban J connectivity index is 2.01. The van der Waals surface area contributed by atoms with Crippen LogP contribution in [0, 0.1) is 6.92 Å². The van der Waals surface area contributed by atoms with Crippen molar-refractivity contribution in [3.63, 3.8) is 0 Å². The molecule has 6 heteroatoms. The molecule has 5 nitrogen and oxygen atoms in total. The van der Waals surface area contributed by atoms with Crippen molar-refractivity contribution in [1.29, 1.82) is 0 Å². The van der Waals surface area contributed by atoms with Crippen LogP contribution in [0.1, 0.15) is 16.8 Å². The molecule has 0 aliphatic rings. The van der Waals surface area contributed by atoms with Gasteiger partial charge in [-0.25, -0.2) is 13.1 Å². The van der Waals surface area contributed by atoms with Gasteiger partial charge < -0.3 is 5.73 Å². The highest BCUT2D eigenvalue weighted by Gasteiger charge is 2.13. The van der Waals surface area contributed by atoms with Gasteiger partial charge in [-0.2, -0.15) is 0 Å². The summed E-state index contributed by atoms with van der Waals surface area (Å²) in [7, 11) is -3.42. The lowest BCUT2D eigenvalue weighted by atomic mass is 10.2. The molecule has 1 aromatic heterocycles. The largest absolute Gasteiger partial charge is 0.398 e. The highest BCUT2D eigenvalue weighted by atomic mass is 32.2. The fourth-order valence-electron chi connectivity index (χ4n) is 1.72. The molecular formula is C14H17N3O2S. The van der Waals surface area contributed by atoms with E-state index in [0.29, 0.717) is 11.3 Å². The zero-order chi connectivity index (χ0) is 14.6. The van der Waals surface area contributed by atoms with Crippen LogP contribution in [0.25, 0.3) is 0 Å². The van der Waals surface area contributed by atoms with Crippen LogP contribution in [-0.4, -0.2) is 13.4 Å². The SMILES string of the molecule is Cc1ccc(CNS(=O)(=O)Cc2ccccc2N)cn1. The first kappa shape index (κ1) is 14.5. The summed E-state index contributed by atoms with van der Waals surface area (Å²) in [6, 6.07) is 10.6. The number of sulfonamides is 1. The molecule has 1 aromatic carbocycles. The zero-order valence-corrected chi connectivity index (χ0v) is 12.0. The lowest BCUT2D eigenvalue weighted by Gasteiger charge is -2.08. The van der Waals surface area contributed by atoms with Crippen LogP contribution in [-0.2, 0) is 22.3 Å². The monoisotopic (exact) mass is 291 g/mol. The van der Waals surface area contributed by atoms with Gasteiger partial charge in [-0.1, -0.05) is 24.3 Å². The van der Waals surface area contributed by atoms with Crippen molar-refractivity contribution in [3.8, 4) is 0 Å². The van der Waals surface area contributed by atoms with Crippen LogP contribution in [0.5, 0.6) is 0 Å². The van der Waals surface area contributed by atoms with E-state index in [4.69, 9.17) is 5.73 Å². The smallest absolute Gasteiger partial charge is 0.216 e. The lowest BCUT2D eigenvalue weighted by molar-refractivity contribution is 0.580. The van der Waals surface area contributed by atoms with Gasteiger partial charge in [0.05, 0.1) is 5.75 Å². The number of anilines is 1. The second-order valence-corrected chi connectivity index (χ2v) is 6.39. The standard InChI is InChI=1S/C14H17N3O2S/c1-11-6-7-12(8-16-11)9-17-20(18,19)10-13-4-2-3-5-14(13)15/h2-8,17H,9-10,15H2,1H3. The Labute approximate surface area is 118 Å². The number of hydrogen-bond donors (Lipinski definition) is 2. The van der Waals surface area contributed by atoms with Gasteiger partial charge in [0.25, 0.3) is 0 Å². The average molecular weight is 291 g/mol. The van der Waals surface area contributed by atoms with Crippen LogP contribution in [0.4, 0.5) is 5.69 Å². The minimum atomic E-state index is -3.42. The van der Waals surface area contributed by atoms with Gasteiger partial charge in [0.1, 0.15) is 0 Å². The van der Waals surface area contributed by atoms with Gasteiger partial charge in [-0.05, 0) is 30.2 Å². The van der Waals surface area contributed by atoms with E-state index in [1.54, 1.807) is 30.5 Å². The van der Waals surface area contributed by atoms with E-state index < -0.39 is 10.0 Å². The van der Waals surface area contributed by atoms with Crippen LogP contribution in [0.3, 0.4) is 0 Å². The average Bonchev–Trinajstić information content (AvgIpc) is 2.41. The van der Waals surface area contributed by atoms with Crippen molar-refractivity contribution in [2.45, 2.75) is 19.2 Å². The topological polar surface area (TPSA) is 85.1 Å². The van der Waals surface area contributed by atoms with Crippen LogP contribution >= 0.6 is 0 Å². The van der Waals surface area contributed by atoms with Gasteiger partial charge in [0.15, 0.2) is 0 Å². The number of para-hydroxylation sites is 1. The van der Waals surface area contributed by atoms with E-state index in [2.05, 4.69) is 9.71 Å². The second-order valence-electron chi connectivity index (χ2n) is 4.59. The number of pyridine rings is 1. The summed E-state index contributed by atoms with van der Waals surface area (Å²) in [6.07, 6.45) is 1.66. The van der Waals surface area contributed by atoms with Crippen LogP contribution in [0.15, 0.2) is 42.6 Å². The first-order chi connectivity index (χ1) is 9.46. The molecule has 0 atom stereocenters. The molecule has 0 amide bonds. The number of nitrogens with one attached hydrogen (secondary N) is 1. The van der Waals surface area contributed by atoms with E-state index in [1.807, 2.05) is 19.1 Å². The number of aryl methyl sites for hydroxylation is 1. The summed E-state index contributed by atoms with van der Waals surface area (Å²) in [6.45, 7) is 2.11. The summed E-state index contributed by atoms with van der Waals surface area (Å²) in [5, 5.41) is 0. The molecule has 3 N–H and O–H groups in total. The Hall–Kier alpha value is -1.92. The number of benzene rings is 1. The van der Waals surface area contributed by atoms with E-state index in [9.17, 15) is 8.42 Å². The van der Waals surface area contributed by atoms with Gasteiger partial charge in [0, 0.05) is 24.1 Å². The molecule has 2 rings (SSSR count). The van der Waals surface area contributed by atoms with E-state index >= 15 is 0 Å². The summed E-state index contributed by atoms with van der Waals surface area (Å²) in [5.74, 6) is -0.126. The zero-order valence-electron chi connectivity index (χ0n) is 11.2. The Bertz CT molecular complexity index is 682. The van der Waals surface area contributed by atoms with Gasteiger partial charge in [-0.3, -0.25) is 4.98 Å². The van der Waals surface area contributed by atoms with Crippen molar-refractivity contribution < 1.29 is 8.42 Å². The number of nitrogens with zero attached hydrogens (tertiary/aromatic N) is 1. The Morgan fingerprint density at radius 3 is 2.60 bits per heavy atom. The molecule has 0 aliphatic carbocycles. The van der Waals surface area contributed by atoms with E-state index in [-0.39, 0.29) is 12.3 Å². The predicted molar refractivity (Wildman–Crippen MR) is 79.3 cm³/mol. The Morgan fingerprint density at radius 1 is 1.20 bits per heavy atom. The number of nitrogen functional groups attached to an aromatic ring is 1. The number of rotatable bonds is 5. The maximum absolute atomic E-state index is 12.0. The Kier molecular flexibility index (Phi) is 4.36. The maximum Gasteiger partial charge on any atom is 0.216 e. The third kappa shape index (κ3) is 4.04. The first-order valence-corrected chi connectivity index (χ1v) is 7.84. The molecule has 20 heavy (non-hydrogen) atoms. The van der Waals surface area contributed by atoms with Crippen molar-refractivity contribution in [2.24, 2.45) is 0 Å². The quantitative estimate of drug-likeness (QED) is 0.819. The molecule has 0 unspecified atom stereocenters. The number of aromatic nitrogens is 1. The first-order valence-electron chi connectivity index (χ1n) is 6.18. The molecule has 0 spiro atoms. The van der Waals surface area contributed by atoms with Gasteiger partial charge in [0.2, 0.25) is 10.0 Å². The van der Waals surface area contributed by atoms with Crippen molar-refractivity contribution >= 4 is 15.7 Å². The molecule has 0 bridgehead atoms. The summed E-state index contributed by atoms with van der Waals surface area (Å²) in [5.41, 5.74) is 8.55. The lowest BCUT2D eigenvalue weighted by Crippen LogP contribution is -2.25. The molecule has 0 aliphatic heterocycles. The minimum absolute atomic E-state index is 0.126. The third-order valence-electron chi connectivity index (χ3n) is 2.87. The third-order valence-corrected chi connectivity index (χ3v) is 4.14. The summed E-state index contributed by atoms with van der Waals surface area (Å²) in [4.78, 5) is 4.12. The highest BCUT2D eigenvalue weighted by molar-refractivity contribution is 7.88. The molecule has 0 fully saturated rings. The Morgan fingerprint density at radius 2 is 1.95 bits per heavy atom. The summed E-state index contributed by atoms with van der Waals surface area (Å²) >= 11 is 0. The van der Waals surface area contributed by atoms with E-state index in [0.717, 1.165) is 11.3 Å². The maximum atomic E-state index is 12.0. The normalized spacial score (nSPS) is 11.4. The van der Waals surface area contributed by atoms with Crippen LogP contribution in [0.2, 0.25) is 0 Å². The molecule has 0 radical (unpaired) electrons. The van der Waals surface area contributed by atoms with Gasteiger partial charge in [-0.15, -0.1) is 0 Å². The van der Waals surface area contributed by atoms with E-state index in [1.165, 1.54) is 0 Å². The molecule has 0 saturated heterocycles. The molecule has 0 saturated carbocycles. The second kappa shape index (κ2) is 6.02. The molecule has 106 valence electrons. The van der Waals surface area contributed by atoms with Crippen molar-refractivity contribution in [2.75, 3.05) is 5.73 Å². The highest BCUT2D eigenvalue weighted by Crippen LogP contribution is 2.13. The minimum Gasteiger partial charge on any atom is -0.398 e. The predicted octanol–water partition coefficient (Wildman–Crippen LogP) is 1.59. The van der Waals surface area contributed by atoms with Crippen LogP contribution < -0.4 is 10.5 Å². The van der Waals surface area contributed by atoms with Gasteiger partial charge >= 0.3 is 0 Å². The molecular weight excluding hydrogens is 274 g/mol. The number of nitrogens with two attached hydrogens (primary N) is 1. The molecule has 1 heterocycles.